The van der Waals surface area contributed by atoms with Crippen LogP contribution in [0.1, 0.15) is 25.0 Å². The van der Waals surface area contributed by atoms with Crippen LogP contribution in [0.5, 0.6) is 0 Å². The van der Waals surface area contributed by atoms with Crippen LogP contribution in [0.2, 0.25) is 0 Å². The van der Waals surface area contributed by atoms with Crippen molar-refractivity contribution in [1.29, 1.82) is 0 Å². The van der Waals surface area contributed by atoms with E-state index in [0.717, 1.165) is 11.8 Å². The molecule has 0 spiro atoms. The van der Waals surface area contributed by atoms with Gasteiger partial charge >= 0.3 is 0 Å². The Morgan fingerprint density at radius 2 is 2.17 bits per heavy atom. The summed E-state index contributed by atoms with van der Waals surface area (Å²) in [6, 6.07) is 4.25. The molecular formula is C12H14BrFO3S. The largest absolute Gasteiger partial charge is 0.390 e. The molecule has 1 aromatic rings. The second kappa shape index (κ2) is 7.23. The number of aliphatic hydroxyl groups excluding tert-OH is 2. The van der Waals surface area contributed by atoms with Crippen molar-refractivity contribution in [2.75, 3.05) is 5.75 Å². The van der Waals surface area contributed by atoms with Gasteiger partial charge in [-0.2, -0.15) is 0 Å². The summed E-state index contributed by atoms with van der Waals surface area (Å²) in [6.45, 7) is 1.43. The predicted molar refractivity (Wildman–Crippen MR) is 72.8 cm³/mol. The van der Waals surface area contributed by atoms with E-state index in [2.05, 4.69) is 15.9 Å². The Hall–Kier alpha value is -0.430. The van der Waals surface area contributed by atoms with Crippen molar-refractivity contribution in [2.45, 2.75) is 25.6 Å². The van der Waals surface area contributed by atoms with Crippen LogP contribution in [-0.2, 0) is 4.79 Å². The van der Waals surface area contributed by atoms with E-state index in [4.69, 9.17) is 0 Å². The maximum Gasteiger partial charge on any atom is 0.185 e. The van der Waals surface area contributed by atoms with Gasteiger partial charge in [0, 0.05) is 22.7 Å². The topological polar surface area (TPSA) is 57.5 Å². The van der Waals surface area contributed by atoms with Gasteiger partial charge in [0.2, 0.25) is 0 Å². The van der Waals surface area contributed by atoms with E-state index in [1.165, 1.54) is 19.1 Å². The number of aliphatic hydroxyl groups is 2. The van der Waals surface area contributed by atoms with Crippen LogP contribution in [0.4, 0.5) is 4.39 Å². The van der Waals surface area contributed by atoms with Gasteiger partial charge in [-0.1, -0.05) is 33.8 Å². The molecule has 0 aliphatic heterocycles. The van der Waals surface area contributed by atoms with E-state index in [1.54, 1.807) is 6.07 Å². The lowest BCUT2D eigenvalue weighted by Crippen LogP contribution is -2.20. The number of carbonyl (C=O) groups is 1. The van der Waals surface area contributed by atoms with Gasteiger partial charge in [0.05, 0.1) is 6.10 Å². The molecule has 1 rings (SSSR count). The fourth-order valence-electron chi connectivity index (χ4n) is 1.43. The average molecular weight is 337 g/mol. The van der Waals surface area contributed by atoms with Gasteiger partial charge in [-0.05, 0) is 18.6 Å². The van der Waals surface area contributed by atoms with Gasteiger partial charge in [-0.15, -0.1) is 0 Å². The molecule has 0 fully saturated rings. The summed E-state index contributed by atoms with van der Waals surface area (Å²) in [4.78, 5) is 10.7. The SMILES string of the molecule is CC(=O)SCCC(O)C(O)c1ccc(Br)cc1F. The number of hydrogen-bond acceptors (Lipinski definition) is 4. The molecule has 0 aliphatic carbocycles. The third-order valence-corrected chi connectivity index (χ3v) is 3.70. The van der Waals surface area contributed by atoms with E-state index in [9.17, 15) is 19.4 Å². The van der Waals surface area contributed by atoms with Crippen molar-refractivity contribution in [3.8, 4) is 0 Å². The van der Waals surface area contributed by atoms with E-state index in [1.807, 2.05) is 0 Å². The second-order valence-electron chi connectivity index (χ2n) is 3.81. The molecule has 0 bridgehead atoms. The first-order chi connectivity index (χ1) is 8.41. The Labute approximate surface area is 118 Å². The zero-order valence-corrected chi connectivity index (χ0v) is 12.2. The maximum absolute atomic E-state index is 13.6. The fraction of sp³-hybridized carbons (Fsp3) is 0.417. The Bertz CT molecular complexity index is 428. The molecule has 2 N–H and O–H groups in total. The molecule has 2 unspecified atom stereocenters. The summed E-state index contributed by atoms with van der Waals surface area (Å²) in [7, 11) is 0. The summed E-state index contributed by atoms with van der Waals surface area (Å²) in [5.74, 6) is -0.179. The molecule has 0 radical (unpaired) electrons. The minimum Gasteiger partial charge on any atom is -0.390 e. The van der Waals surface area contributed by atoms with Crippen LogP contribution in [0.3, 0.4) is 0 Å². The van der Waals surface area contributed by atoms with Crippen LogP contribution in [-0.4, -0.2) is 27.2 Å². The van der Waals surface area contributed by atoms with Gasteiger partial charge in [-0.3, -0.25) is 4.79 Å². The van der Waals surface area contributed by atoms with Crippen molar-refractivity contribution in [3.63, 3.8) is 0 Å². The molecule has 6 heteroatoms. The summed E-state index contributed by atoms with van der Waals surface area (Å²) in [5.41, 5.74) is 0.0542. The molecule has 0 saturated carbocycles. The number of benzene rings is 1. The number of carbonyl (C=O) groups excluding carboxylic acids is 1. The highest BCUT2D eigenvalue weighted by atomic mass is 79.9. The van der Waals surface area contributed by atoms with Crippen molar-refractivity contribution < 1.29 is 19.4 Å². The number of hydrogen-bond donors (Lipinski definition) is 2. The third-order valence-electron chi connectivity index (χ3n) is 2.36. The molecule has 2 atom stereocenters. The third kappa shape index (κ3) is 4.68. The van der Waals surface area contributed by atoms with E-state index in [0.29, 0.717) is 10.2 Å². The molecule has 100 valence electrons. The fourth-order valence-corrected chi connectivity index (χ4v) is 2.41. The van der Waals surface area contributed by atoms with Crippen LogP contribution in [0.25, 0.3) is 0 Å². The Balaban J connectivity index is 2.62. The smallest absolute Gasteiger partial charge is 0.185 e. The van der Waals surface area contributed by atoms with E-state index in [-0.39, 0.29) is 17.1 Å². The number of thioether (sulfide) groups is 1. The van der Waals surface area contributed by atoms with Gasteiger partial charge in [0.15, 0.2) is 5.12 Å². The predicted octanol–water partition coefficient (Wildman–Crippen LogP) is 2.65. The second-order valence-corrected chi connectivity index (χ2v) is 5.99. The van der Waals surface area contributed by atoms with Crippen molar-refractivity contribution in [1.82, 2.24) is 0 Å². The highest BCUT2D eigenvalue weighted by molar-refractivity contribution is 9.10. The summed E-state index contributed by atoms with van der Waals surface area (Å²) >= 11 is 4.18. The van der Waals surface area contributed by atoms with Crippen LogP contribution >= 0.6 is 27.7 Å². The number of rotatable bonds is 5. The van der Waals surface area contributed by atoms with Crippen LogP contribution < -0.4 is 0 Å². The molecule has 1 aromatic carbocycles. The van der Waals surface area contributed by atoms with Gasteiger partial charge in [-0.25, -0.2) is 4.39 Å². The van der Waals surface area contributed by atoms with Gasteiger partial charge in [0.25, 0.3) is 0 Å². The molecule has 0 saturated heterocycles. The van der Waals surface area contributed by atoms with Crippen molar-refractivity contribution in [3.05, 3.63) is 34.1 Å². The summed E-state index contributed by atoms with van der Waals surface area (Å²) in [6.07, 6.45) is -2.15. The minimum absolute atomic E-state index is 0.0495. The molecular weight excluding hydrogens is 323 g/mol. The van der Waals surface area contributed by atoms with Crippen molar-refractivity contribution in [2.24, 2.45) is 0 Å². The summed E-state index contributed by atoms with van der Waals surface area (Å²) in [5, 5.41) is 19.5. The van der Waals surface area contributed by atoms with Crippen LogP contribution in [0, 0.1) is 5.82 Å². The van der Waals surface area contributed by atoms with E-state index < -0.39 is 18.0 Å². The van der Waals surface area contributed by atoms with Gasteiger partial charge in [0.1, 0.15) is 11.9 Å². The lowest BCUT2D eigenvalue weighted by atomic mass is 10.0. The number of halogens is 2. The maximum atomic E-state index is 13.6. The molecule has 0 aliphatic rings. The lowest BCUT2D eigenvalue weighted by molar-refractivity contribution is -0.109. The highest BCUT2D eigenvalue weighted by Crippen LogP contribution is 2.25. The molecule has 18 heavy (non-hydrogen) atoms. The zero-order chi connectivity index (χ0) is 13.7. The quantitative estimate of drug-likeness (QED) is 0.867. The molecule has 0 amide bonds. The Kier molecular flexibility index (Phi) is 6.28. The van der Waals surface area contributed by atoms with Gasteiger partial charge < -0.3 is 10.2 Å². The first-order valence-corrected chi connectivity index (χ1v) is 7.14. The first-order valence-electron chi connectivity index (χ1n) is 5.36. The van der Waals surface area contributed by atoms with Crippen LogP contribution in [0.15, 0.2) is 22.7 Å². The molecule has 3 nitrogen and oxygen atoms in total. The summed E-state index contributed by atoms with van der Waals surface area (Å²) < 4.78 is 14.1. The average Bonchev–Trinajstić information content (AvgIpc) is 2.27. The lowest BCUT2D eigenvalue weighted by Gasteiger charge is -2.18. The van der Waals surface area contributed by atoms with Crippen molar-refractivity contribution >= 4 is 32.8 Å². The normalized spacial score (nSPS) is 14.3. The van der Waals surface area contributed by atoms with E-state index >= 15 is 0 Å². The zero-order valence-electron chi connectivity index (χ0n) is 9.77. The Morgan fingerprint density at radius 1 is 1.50 bits per heavy atom. The first kappa shape index (κ1) is 15.6. The Morgan fingerprint density at radius 3 is 2.72 bits per heavy atom. The highest BCUT2D eigenvalue weighted by Gasteiger charge is 2.21. The molecule has 0 aromatic heterocycles. The molecule has 0 heterocycles. The monoisotopic (exact) mass is 336 g/mol. The standard InChI is InChI=1S/C12H14BrFO3S/c1-7(15)18-5-4-11(16)12(17)9-3-2-8(13)6-10(9)14/h2-3,6,11-12,16-17H,4-5H2,1H3. The minimum atomic E-state index is -1.29.